The molecule has 0 saturated carbocycles. The smallest absolute Gasteiger partial charge is 0.138 e. The normalized spacial score (nSPS) is 12.0. The van der Waals surface area contributed by atoms with Crippen molar-refractivity contribution in [1.29, 1.82) is 0 Å². The van der Waals surface area contributed by atoms with Crippen LogP contribution in [0.2, 0.25) is 0 Å². The number of nitrogens with zero attached hydrogens (tertiary/aromatic N) is 2. The molecule has 0 aliphatic rings. The molecule has 0 spiro atoms. The van der Waals surface area contributed by atoms with Crippen molar-refractivity contribution in [2.45, 2.75) is 0 Å². The van der Waals surface area contributed by atoms with E-state index in [1.165, 1.54) is 42.2 Å². The second kappa shape index (κ2) is 5.91. The summed E-state index contributed by atoms with van der Waals surface area (Å²) in [5.74, 6) is 0. The molecule has 0 atom stereocenters. The van der Waals surface area contributed by atoms with Gasteiger partial charge in [0.15, 0.2) is 0 Å². The maximum atomic E-state index is 4.78. The zero-order valence-corrected chi connectivity index (χ0v) is 16.9. The molecular formula is C27H16N2S. The SMILES string of the molecule is c1ccc2c(c1)nc1ccc3cc(-c4cccc5c4sc4ccccc45)ccc3n12. The number of pyridine rings is 1. The monoisotopic (exact) mass is 400 g/mol. The van der Waals surface area contributed by atoms with Crippen LogP contribution in [0.15, 0.2) is 97.1 Å². The topological polar surface area (TPSA) is 17.3 Å². The molecule has 7 aromatic rings. The fraction of sp³-hybridized carbons (Fsp3) is 0. The Balaban J connectivity index is 1.52. The first-order chi connectivity index (χ1) is 14.9. The molecule has 0 N–H and O–H groups in total. The summed E-state index contributed by atoms with van der Waals surface area (Å²) in [4.78, 5) is 4.78. The number of hydrogen-bond donors (Lipinski definition) is 0. The average molecular weight is 401 g/mol. The lowest BCUT2D eigenvalue weighted by molar-refractivity contribution is 1.30. The van der Waals surface area contributed by atoms with E-state index in [0.717, 1.165) is 16.7 Å². The van der Waals surface area contributed by atoms with Crippen LogP contribution in [0.1, 0.15) is 0 Å². The van der Waals surface area contributed by atoms with E-state index < -0.39 is 0 Å². The minimum absolute atomic E-state index is 0.989. The molecule has 2 nitrogen and oxygen atoms in total. The highest BCUT2D eigenvalue weighted by molar-refractivity contribution is 7.26. The van der Waals surface area contributed by atoms with E-state index in [1.54, 1.807) is 0 Å². The van der Waals surface area contributed by atoms with Gasteiger partial charge in [-0.3, -0.25) is 4.40 Å². The van der Waals surface area contributed by atoms with Crippen molar-refractivity contribution in [3.05, 3.63) is 97.1 Å². The van der Waals surface area contributed by atoms with E-state index in [2.05, 4.69) is 95.4 Å². The van der Waals surface area contributed by atoms with Crippen LogP contribution >= 0.6 is 11.3 Å². The summed E-state index contributed by atoms with van der Waals surface area (Å²) in [5, 5.41) is 3.90. The highest BCUT2D eigenvalue weighted by Crippen LogP contribution is 2.40. The number of hydrogen-bond acceptors (Lipinski definition) is 2. The molecular weight excluding hydrogens is 384 g/mol. The number of fused-ring (bicyclic) bond motifs is 8. The van der Waals surface area contributed by atoms with Gasteiger partial charge in [0.25, 0.3) is 0 Å². The first-order valence-electron chi connectivity index (χ1n) is 10.1. The minimum Gasteiger partial charge on any atom is -0.292 e. The zero-order valence-electron chi connectivity index (χ0n) is 16.0. The van der Waals surface area contributed by atoms with Crippen LogP contribution < -0.4 is 0 Å². The number of aromatic nitrogens is 2. The Labute approximate surface area is 176 Å². The summed E-state index contributed by atoms with van der Waals surface area (Å²) in [6, 6.07) is 34.7. The van der Waals surface area contributed by atoms with Gasteiger partial charge in [-0.05, 0) is 59.0 Å². The molecule has 0 aliphatic carbocycles. The number of imidazole rings is 1. The molecule has 0 radical (unpaired) electrons. The number of benzene rings is 4. The quantitative estimate of drug-likeness (QED) is 0.276. The van der Waals surface area contributed by atoms with Crippen molar-refractivity contribution in [1.82, 2.24) is 9.38 Å². The lowest BCUT2D eigenvalue weighted by Gasteiger charge is -2.08. The van der Waals surface area contributed by atoms with E-state index in [4.69, 9.17) is 4.98 Å². The molecule has 0 aliphatic heterocycles. The Hall–Kier alpha value is -3.69. The molecule has 3 aromatic heterocycles. The van der Waals surface area contributed by atoms with Gasteiger partial charge in [-0.1, -0.05) is 54.6 Å². The van der Waals surface area contributed by atoms with E-state index in [9.17, 15) is 0 Å². The second-order valence-corrected chi connectivity index (χ2v) is 8.73. The zero-order chi connectivity index (χ0) is 19.7. The van der Waals surface area contributed by atoms with Crippen LogP contribution in [0, 0.1) is 0 Å². The van der Waals surface area contributed by atoms with Crippen molar-refractivity contribution in [2.75, 3.05) is 0 Å². The fourth-order valence-electron chi connectivity index (χ4n) is 4.61. The molecule has 140 valence electrons. The maximum Gasteiger partial charge on any atom is 0.138 e. The Bertz CT molecular complexity index is 1750. The average Bonchev–Trinajstić information content (AvgIpc) is 3.37. The van der Waals surface area contributed by atoms with Crippen LogP contribution in [0.3, 0.4) is 0 Å². The molecule has 0 saturated heterocycles. The molecule has 3 heteroatoms. The van der Waals surface area contributed by atoms with E-state index in [1.807, 2.05) is 17.4 Å². The third-order valence-corrected chi connectivity index (χ3v) is 7.20. The second-order valence-electron chi connectivity index (χ2n) is 7.68. The van der Waals surface area contributed by atoms with Gasteiger partial charge in [0.1, 0.15) is 5.65 Å². The first kappa shape index (κ1) is 16.1. The van der Waals surface area contributed by atoms with Crippen molar-refractivity contribution in [3.63, 3.8) is 0 Å². The van der Waals surface area contributed by atoms with Crippen LogP contribution in [0.4, 0.5) is 0 Å². The van der Waals surface area contributed by atoms with Crippen molar-refractivity contribution >= 4 is 59.1 Å². The van der Waals surface area contributed by atoms with Crippen LogP contribution in [0.5, 0.6) is 0 Å². The fourth-order valence-corrected chi connectivity index (χ4v) is 5.85. The number of thiophene rings is 1. The molecule has 3 heterocycles. The summed E-state index contributed by atoms with van der Waals surface area (Å²) < 4.78 is 4.95. The molecule has 30 heavy (non-hydrogen) atoms. The van der Waals surface area contributed by atoms with E-state index in [-0.39, 0.29) is 0 Å². The minimum atomic E-state index is 0.989. The predicted molar refractivity (Wildman–Crippen MR) is 129 cm³/mol. The standard InChI is InChI=1S/C27H16N2S/c1-4-11-25-20(6-1)21-8-5-7-19(27(21)30-25)17-12-14-23-18(16-17)13-15-26-28-22-9-2-3-10-24(22)29(23)26/h1-16H. The third-order valence-electron chi connectivity index (χ3n) is 5.98. The van der Waals surface area contributed by atoms with E-state index in [0.29, 0.717) is 0 Å². The van der Waals surface area contributed by atoms with Gasteiger partial charge in [0.05, 0.1) is 16.6 Å². The van der Waals surface area contributed by atoms with Crippen LogP contribution in [-0.4, -0.2) is 9.38 Å². The summed E-state index contributed by atoms with van der Waals surface area (Å²) in [5.41, 5.74) is 6.91. The summed E-state index contributed by atoms with van der Waals surface area (Å²) in [6.45, 7) is 0. The Morgan fingerprint density at radius 2 is 1.53 bits per heavy atom. The molecule has 0 fully saturated rings. The molecule has 0 unspecified atom stereocenters. The summed E-state index contributed by atoms with van der Waals surface area (Å²) in [6.07, 6.45) is 0. The van der Waals surface area contributed by atoms with Crippen molar-refractivity contribution in [2.24, 2.45) is 0 Å². The van der Waals surface area contributed by atoms with Gasteiger partial charge in [0.2, 0.25) is 0 Å². The third kappa shape index (κ3) is 2.15. The van der Waals surface area contributed by atoms with Gasteiger partial charge < -0.3 is 0 Å². The van der Waals surface area contributed by atoms with Crippen LogP contribution in [0.25, 0.3) is 58.9 Å². The lowest BCUT2D eigenvalue weighted by Crippen LogP contribution is -1.89. The number of para-hydroxylation sites is 2. The van der Waals surface area contributed by atoms with Gasteiger partial charge in [-0.25, -0.2) is 4.98 Å². The first-order valence-corrected chi connectivity index (χ1v) is 10.9. The van der Waals surface area contributed by atoms with Crippen LogP contribution in [-0.2, 0) is 0 Å². The Morgan fingerprint density at radius 1 is 0.667 bits per heavy atom. The highest BCUT2D eigenvalue weighted by atomic mass is 32.1. The molecule has 0 bridgehead atoms. The van der Waals surface area contributed by atoms with Gasteiger partial charge in [-0.2, -0.15) is 0 Å². The largest absolute Gasteiger partial charge is 0.292 e. The molecule has 0 amide bonds. The van der Waals surface area contributed by atoms with Crippen molar-refractivity contribution in [3.8, 4) is 11.1 Å². The summed E-state index contributed by atoms with van der Waals surface area (Å²) >= 11 is 1.88. The van der Waals surface area contributed by atoms with E-state index >= 15 is 0 Å². The van der Waals surface area contributed by atoms with Gasteiger partial charge in [0, 0.05) is 20.2 Å². The predicted octanol–water partition coefficient (Wildman–Crippen LogP) is 7.68. The molecule has 7 rings (SSSR count). The molecule has 4 aromatic carbocycles. The van der Waals surface area contributed by atoms with Crippen molar-refractivity contribution < 1.29 is 0 Å². The Kier molecular flexibility index (Phi) is 3.18. The maximum absolute atomic E-state index is 4.78. The Morgan fingerprint density at radius 3 is 2.53 bits per heavy atom. The lowest BCUT2D eigenvalue weighted by atomic mass is 10.0. The van der Waals surface area contributed by atoms with Gasteiger partial charge in [-0.15, -0.1) is 11.3 Å². The van der Waals surface area contributed by atoms with Gasteiger partial charge >= 0.3 is 0 Å². The number of rotatable bonds is 1. The highest BCUT2D eigenvalue weighted by Gasteiger charge is 2.12. The summed E-state index contributed by atoms with van der Waals surface area (Å²) in [7, 11) is 0.